The minimum atomic E-state index is -0.146. The molecule has 33 heavy (non-hydrogen) atoms. The summed E-state index contributed by atoms with van der Waals surface area (Å²) < 4.78 is 10.4. The zero-order chi connectivity index (χ0) is 23.7. The summed E-state index contributed by atoms with van der Waals surface area (Å²) in [5, 5.41) is 0. The number of hydrogen-bond donors (Lipinski definition) is 0. The average Bonchev–Trinajstić information content (AvgIpc) is 3.05. The molecule has 0 saturated heterocycles. The quantitative estimate of drug-likeness (QED) is 0.384. The van der Waals surface area contributed by atoms with Crippen LogP contribution in [-0.4, -0.2) is 30.7 Å². The van der Waals surface area contributed by atoms with Gasteiger partial charge in [0, 0.05) is 19.8 Å². The Morgan fingerprint density at radius 2 is 1.82 bits per heavy atom. The van der Waals surface area contributed by atoms with Crippen LogP contribution in [0, 0.1) is 17.8 Å². The van der Waals surface area contributed by atoms with Crippen LogP contribution in [-0.2, 0) is 23.1 Å². The van der Waals surface area contributed by atoms with E-state index in [0.717, 1.165) is 41.0 Å². The molecule has 0 spiro atoms. The number of hydrogen-bond acceptors (Lipinski definition) is 3. The maximum Gasteiger partial charge on any atom is 0.348 e. The largest absolute Gasteiger partial charge is 0.459 e. The van der Waals surface area contributed by atoms with E-state index in [0.29, 0.717) is 17.8 Å². The molecule has 5 nitrogen and oxygen atoms in total. The van der Waals surface area contributed by atoms with Crippen molar-refractivity contribution in [3.8, 4) is 11.4 Å². The normalized spacial score (nSPS) is 20.9. The van der Waals surface area contributed by atoms with Gasteiger partial charge >= 0.3 is 5.97 Å². The predicted octanol–water partition coefficient (Wildman–Crippen LogP) is 5.20. The van der Waals surface area contributed by atoms with E-state index in [2.05, 4.69) is 78.3 Å². The van der Waals surface area contributed by atoms with Crippen molar-refractivity contribution < 1.29 is 14.1 Å². The van der Waals surface area contributed by atoms with Gasteiger partial charge < -0.3 is 9.64 Å². The second kappa shape index (κ2) is 9.58. The van der Waals surface area contributed by atoms with Crippen molar-refractivity contribution >= 4 is 22.7 Å². The summed E-state index contributed by atoms with van der Waals surface area (Å²) in [5.74, 6) is 2.43. The van der Waals surface area contributed by atoms with Crippen LogP contribution < -0.4 is 9.47 Å². The van der Waals surface area contributed by atoms with E-state index in [1.165, 1.54) is 6.42 Å². The molecule has 0 unspecified atom stereocenters. The highest BCUT2D eigenvalue weighted by atomic mass is 16.5. The van der Waals surface area contributed by atoms with Gasteiger partial charge in [0.2, 0.25) is 0 Å². The van der Waals surface area contributed by atoms with E-state index >= 15 is 0 Å². The van der Waals surface area contributed by atoms with Crippen LogP contribution in [0.5, 0.6) is 0 Å². The molecule has 0 N–H and O–H groups in total. The van der Waals surface area contributed by atoms with Crippen molar-refractivity contribution in [2.24, 2.45) is 24.8 Å². The number of esters is 1. The summed E-state index contributed by atoms with van der Waals surface area (Å²) in [6.45, 7) is 6.97. The monoisotopic (exact) mass is 448 g/mol. The van der Waals surface area contributed by atoms with Gasteiger partial charge in [-0.1, -0.05) is 39.3 Å². The van der Waals surface area contributed by atoms with Crippen molar-refractivity contribution in [2.45, 2.75) is 52.7 Å². The molecule has 1 aliphatic rings. The van der Waals surface area contributed by atoms with Gasteiger partial charge in [0.15, 0.2) is 17.6 Å². The molecule has 1 aliphatic carbocycles. The fourth-order valence-corrected chi connectivity index (χ4v) is 5.39. The first-order valence-electron chi connectivity index (χ1n) is 12.2. The standard InChI is InChI=1S/C28H38N3O2/c1-19(2)23-16-11-20(3)17-26(23)33-27(32)18-31-25-10-8-7-9-24(25)30(6)28(31)21-12-14-22(15-13-21)29(4)5/h7-10,12-15,19-20,23,26H,11,16-18H2,1-6H3/q+1/t20-,23+,26-/m1/s1. The van der Waals surface area contributed by atoms with Crippen molar-refractivity contribution in [1.29, 1.82) is 0 Å². The predicted molar refractivity (Wildman–Crippen MR) is 134 cm³/mol. The molecular weight excluding hydrogens is 410 g/mol. The molecule has 1 aromatic heterocycles. The molecule has 0 bridgehead atoms. The van der Waals surface area contributed by atoms with Crippen molar-refractivity contribution in [3.63, 3.8) is 0 Å². The summed E-state index contributed by atoms with van der Waals surface area (Å²) in [4.78, 5) is 15.4. The number of carbonyl (C=O) groups is 1. The lowest BCUT2D eigenvalue weighted by Crippen LogP contribution is -2.37. The smallest absolute Gasteiger partial charge is 0.348 e. The maximum atomic E-state index is 13.3. The Morgan fingerprint density at radius 1 is 1.12 bits per heavy atom. The number of ether oxygens (including phenoxy) is 1. The Hall–Kier alpha value is -2.82. The molecule has 0 aliphatic heterocycles. The number of imidazole rings is 1. The average molecular weight is 449 g/mol. The van der Waals surface area contributed by atoms with Crippen LogP contribution in [0.2, 0.25) is 0 Å². The molecule has 1 heterocycles. The van der Waals surface area contributed by atoms with Crippen LogP contribution in [0.3, 0.4) is 0 Å². The van der Waals surface area contributed by atoms with Crippen LogP contribution in [0.25, 0.3) is 22.4 Å². The van der Waals surface area contributed by atoms with Gasteiger partial charge in [-0.3, -0.25) is 0 Å². The zero-order valence-electron chi connectivity index (χ0n) is 20.9. The van der Waals surface area contributed by atoms with Gasteiger partial charge in [-0.05, 0) is 67.0 Å². The fourth-order valence-electron chi connectivity index (χ4n) is 5.39. The molecule has 0 radical (unpaired) electrons. The minimum absolute atomic E-state index is 0.0136. The topological polar surface area (TPSA) is 38.4 Å². The van der Waals surface area contributed by atoms with E-state index in [9.17, 15) is 4.79 Å². The number of nitrogens with zero attached hydrogens (tertiary/aromatic N) is 3. The number of rotatable bonds is 6. The summed E-state index contributed by atoms with van der Waals surface area (Å²) in [6, 6.07) is 16.7. The fraction of sp³-hybridized carbons (Fsp3) is 0.500. The SMILES string of the molecule is CC(C)[C@@H]1CC[C@@H](C)C[C@H]1OC(=O)Cn1c(-c2ccc(N(C)C)cc2)[n+](C)c2ccccc21. The Bertz CT molecular complexity index is 1110. The molecule has 4 rings (SSSR count). The van der Waals surface area contributed by atoms with Gasteiger partial charge in [0.1, 0.15) is 6.10 Å². The number of fused-ring (bicyclic) bond motifs is 1. The molecule has 1 fully saturated rings. The molecule has 1 saturated carbocycles. The summed E-state index contributed by atoms with van der Waals surface area (Å²) in [7, 11) is 6.15. The minimum Gasteiger partial charge on any atom is -0.459 e. The first-order chi connectivity index (χ1) is 15.8. The summed E-state index contributed by atoms with van der Waals surface area (Å²) in [6.07, 6.45) is 3.34. The van der Waals surface area contributed by atoms with Gasteiger partial charge in [-0.2, -0.15) is 0 Å². The summed E-state index contributed by atoms with van der Waals surface area (Å²) in [5.41, 5.74) is 4.37. The van der Waals surface area contributed by atoms with E-state index in [1.807, 2.05) is 26.2 Å². The Morgan fingerprint density at radius 3 is 2.48 bits per heavy atom. The van der Waals surface area contributed by atoms with Crippen LogP contribution in [0.1, 0.15) is 40.0 Å². The molecule has 5 heteroatoms. The molecule has 176 valence electrons. The molecular formula is C28H38N3O2+. The number of aromatic nitrogens is 2. The molecule has 3 atom stereocenters. The molecule has 0 amide bonds. The van der Waals surface area contributed by atoms with Crippen molar-refractivity contribution in [1.82, 2.24) is 4.57 Å². The zero-order valence-corrected chi connectivity index (χ0v) is 20.9. The van der Waals surface area contributed by atoms with Crippen LogP contribution >= 0.6 is 0 Å². The van der Waals surface area contributed by atoms with Gasteiger partial charge in [-0.15, -0.1) is 0 Å². The Balaban J connectivity index is 1.67. The first-order valence-corrected chi connectivity index (χ1v) is 12.2. The third-order valence-corrected chi connectivity index (χ3v) is 7.28. The van der Waals surface area contributed by atoms with Gasteiger partial charge in [0.25, 0.3) is 5.82 Å². The van der Waals surface area contributed by atoms with Crippen LogP contribution in [0.4, 0.5) is 5.69 Å². The molecule has 3 aromatic rings. The lowest BCUT2D eigenvalue weighted by molar-refractivity contribution is -0.634. The van der Waals surface area contributed by atoms with Crippen LogP contribution in [0.15, 0.2) is 48.5 Å². The highest BCUT2D eigenvalue weighted by Gasteiger charge is 2.34. The number of para-hydroxylation sites is 2. The number of aryl methyl sites for hydroxylation is 1. The second-order valence-electron chi connectivity index (χ2n) is 10.3. The van der Waals surface area contributed by atoms with Crippen molar-refractivity contribution in [2.75, 3.05) is 19.0 Å². The number of anilines is 1. The number of carbonyl (C=O) groups excluding carboxylic acids is 1. The number of benzene rings is 2. The lowest BCUT2D eigenvalue weighted by atomic mass is 9.75. The third-order valence-electron chi connectivity index (χ3n) is 7.28. The Kier molecular flexibility index (Phi) is 6.78. The van der Waals surface area contributed by atoms with E-state index < -0.39 is 0 Å². The lowest BCUT2D eigenvalue weighted by Gasteiger charge is -2.36. The first kappa shape index (κ1) is 23.3. The highest BCUT2D eigenvalue weighted by Crippen LogP contribution is 2.35. The maximum absolute atomic E-state index is 13.3. The highest BCUT2D eigenvalue weighted by molar-refractivity contribution is 5.80. The third kappa shape index (κ3) is 4.78. The van der Waals surface area contributed by atoms with E-state index in [-0.39, 0.29) is 18.6 Å². The van der Waals surface area contributed by atoms with Gasteiger partial charge in [0.05, 0.1) is 12.6 Å². The van der Waals surface area contributed by atoms with Crippen molar-refractivity contribution in [3.05, 3.63) is 48.5 Å². The Labute approximate surface area is 198 Å². The molecule has 2 aromatic carbocycles. The second-order valence-corrected chi connectivity index (χ2v) is 10.3. The summed E-state index contributed by atoms with van der Waals surface area (Å²) >= 11 is 0. The van der Waals surface area contributed by atoms with E-state index in [4.69, 9.17) is 4.74 Å². The van der Waals surface area contributed by atoms with E-state index in [1.54, 1.807) is 0 Å². The van der Waals surface area contributed by atoms with Gasteiger partial charge in [-0.25, -0.2) is 13.9 Å².